The van der Waals surface area contributed by atoms with Crippen molar-refractivity contribution in [3.8, 4) is 33.9 Å². The van der Waals surface area contributed by atoms with E-state index in [0.717, 1.165) is 55.9 Å². The van der Waals surface area contributed by atoms with Crippen LogP contribution < -0.4 is 4.74 Å². The summed E-state index contributed by atoms with van der Waals surface area (Å²) in [5, 5.41) is 1.13. The zero-order valence-corrected chi connectivity index (χ0v) is 22.9. The van der Waals surface area contributed by atoms with Crippen molar-refractivity contribution in [1.29, 1.82) is 0 Å². The Morgan fingerprint density at radius 3 is 1.71 bits per heavy atom. The summed E-state index contributed by atoms with van der Waals surface area (Å²) in [6.45, 7) is 0. The summed E-state index contributed by atoms with van der Waals surface area (Å²) in [5.41, 5.74) is 9.52. The maximum Gasteiger partial charge on any atom is 0.132 e. The Morgan fingerprint density at radius 2 is 1.02 bits per heavy atom. The average Bonchev–Trinajstić information content (AvgIpc) is 3.07. The van der Waals surface area contributed by atoms with E-state index < -0.39 is 5.41 Å². The van der Waals surface area contributed by atoms with Crippen LogP contribution >= 0.6 is 0 Å². The lowest BCUT2D eigenvalue weighted by molar-refractivity contribution is 0.434. The van der Waals surface area contributed by atoms with Gasteiger partial charge >= 0.3 is 0 Å². The van der Waals surface area contributed by atoms with Crippen molar-refractivity contribution in [2.45, 2.75) is 5.41 Å². The summed E-state index contributed by atoms with van der Waals surface area (Å²) in [6, 6.07) is 57.7. The first kappa shape index (κ1) is 24.3. The quantitative estimate of drug-likeness (QED) is 0.223. The molecule has 42 heavy (non-hydrogen) atoms. The van der Waals surface area contributed by atoms with Crippen molar-refractivity contribution < 1.29 is 4.74 Å². The van der Waals surface area contributed by atoms with Gasteiger partial charge in [-0.25, -0.2) is 4.98 Å². The van der Waals surface area contributed by atoms with Crippen molar-refractivity contribution in [2.75, 3.05) is 0 Å². The molecule has 2 heteroatoms. The van der Waals surface area contributed by atoms with Gasteiger partial charge in [-0.05, 0) is 34.9 Å². The van der Waals surface area contributed by atoms with Gasteiger partial charge in [-0.1, -0.05) is 146 Å². The second-order valence-electron chi connectivity index (χ2n) is 10.7. The monoisotopic (exact) mass is 537 g/mol. The van der Waals surface area contributed by atoms with Crippen molar-refractivity contribution in [3.63, 3.8) is 0 Å². The van der Waals surface area contributed by atoms with E-state index in [4.69, 9.17) is 9.72 Å². The summed E-state index contributed by atoms with van der Waals surface area (Å²) in [5.74, 6) is 1.77. The van der Waals surface area contributed by atoms with Gasteiger partial charge in [0, 0.05) is 27.6 Å². The minimum atomic E-state index is -0.525. The first-order chi connectivity index (χ1) is 20.8. The van der Waals surface area contributed by atoms with Gasteiger partial charge in [-0.3, -0.25) is 0 Å². The van der Waals surface area contributed by atoms with Crippen LogP contribution in [0.2, 0.25) is 0 Å². The van der Waals surface area contributed by atoms with Gasteiger partial charge in [-0.15, -0.1) is 0 Å². The van der Waals surface area contributed by atoms with Crippen molar-refractivity contribution >= 4 is 10.9 Å². The number of hydrogen-bond acceptors (Lipinski definition) is 2. The van der Waals surface area contributed by atoms with E-state index in [1.807, 2.05) is 18.2 Å². The van der Waals surface area contributed by atoms with E-state index in [0.29, 0.717) is 0 Å². The van der Waals surface area contributed by atoms with Gasteiger partial charge in [0.05, 0.1) is 16.6 Å². The van der Waals surface area contributed by atoms with Gasteiger partial charge in [-0.2, -0.15) is 0 Å². The second kappa shape index (κ2) is 9.87. The second-order valence-corrected chi connectivity index (χ2v) is 10.7. The third kappa shape index (κ3) is 3.77. The molecule has 0 saturated heterocycles. The largest absolute Gasteiger partial charge is 0.457 e. The van der Waals surface area contributed by atoms with Gasteiger partial charge in [0.25, 0.3) is 0 Å². The molecular formula is C40H27NO. The van der Waals surface area contributed by atoms with E-state index in [9.17, 15) is 0 Å². The average molecular weight is 538 g/mol. The van der Waals surface area contributed by atoms with Crippen molar-refractivity contribution in [1.82, 2.24) is 4.98 Å². The number of fused-ring (bicyclic) bond motifs is 3. The fourth-order valence-electron chi connectivity index (χ4n) is 6.52. The van der Waals surface area contributed by atoms with Crippen molar-refractivity contribution in [2.24, 2.45) is 0 Å². The third-order valence-corrected chi connectivity index (χ3v) is 8.43. The van der Waals surface area contributed by atoms with E-state index in [1.165, 1.54) is 11.1 Å². The molecule has 2 heterocycles. The fraction of sp³-hybridized carbons (Fsp3) is 0.0250. The molecule has 1 aliphatic rings. The minimum absolute atomic E-state index is 0.525. The van der Waals surface area contributed by atoms with Crippen LogP contribution in [0.1, 0.15) is 22.3 Å². The lowest BCUT2D eigenvalue weighted by Crippen LogP contribution is -2.34. The maximum atomic E-state index is 6.46. The fourth-order valence-corrected chi connectivity index (χ4v) is 6.52. The van der Waals surface area contributed by atoms with Crippen LogP contribution in [0.5, 0.6) is 11.5 Å². The van der Waals surface area contributed by atoms with Gasteiger partial charge in [0.15, 0.2) is 0 Å². The maximum absolute atomic E-state index is 6.46. The number of hydrogen-bond donors (Lipinski definition) is 0. The van der Waals surface area contributed by atoms with Crippen LogP contribution in [0.25, 0.3) is 33.3 Å². The first-order valence-corrected chi connectivity index (χ1v) is 14.3. The lowest BCUT2D eigenvalue weighted by Gasteiger charge is -2.41. The number of nitrogens with zero attached hydrogens (tertiary/aromatic N) is 1. The molecule has 6 aromatic carbocycles. The van der Waals surface area contributed by atoms with Crippen LogP contribution in [0.15, 0.2) is 164 Å². The Labute approximate surface area is 245 Å². The number of rotatable bonds is 4. The minimum Gasteiger partial charge on any atom is -0.457 e. The van der Waals surface area contributed by atoms with Crippen LogP contribution in [0.4, 0.5) is 0 Å². The van der Waals surface area contributed by atoms with Crippen LogP contribution in [-0.2, 0) is 5.41 Å². The molecule has 7 aromatic rings. The molecular weight excluding hydrogens is 510 g/mol. The Bertz CT molecular complexity index is 2000. The highest BCUT2D eigenvalue weighted by molar-refractivity contribution is 5.95. The van der Waals surface area contributed by atoms with E-state index in [-0.39, 0.29) is 0 Å². The Kier molecular flexibility index (Phi) is 5.72. The Morgan fingerprint density at radius 1 is 0.429 bits per heavy atom. The summed E-state index contributed by atoms with van der Waals surface area (Å²) in [4.78, 5) is 5.14. The molecule has 2 nitrogen and oxygen atoms in total. The molecule has 0 atom stereocenters. The van der Waals surface area contributed by atoms with E-state index >= 15 is 0 Å². The Hall–Kier alpha value is -5.47. The van der Waals surface area contributed by atoms with Crippen LogP contribution in [-0.4, -0.2) is 4.98 Å². The zero-order chi connectivity index (χ0) is 27.9. The molecule has 198 valence electrons. The molecule has 0 unspecified atom stereocenters. The van der Waals surface area contributed by atoms with E-state index in [1.54, 1.807) is 0 Å². The van der Waals surface area contributed by atoms with E-state index in [2.05, 4.69) is 146 Å². The molecule has 0 bridgehead atoms. The highest BCUT2D eigenvalue weighted by Gasteiger charge is 2.45. The molecule has 0 saturated carbocycles. The van der Waals surface area contributed by atoms with Gasteiger partial charge in [0.2, 0.25) is 0 Å². The molecule has 0 fully saturated rings. The molecule has 0 N–H and O–H groups in total. The van der Waals surface area contributed by atoms with Crippen LogP contribution in [0, 0.1) is 0 Å². The summed E-state index contributed by atoms with van der Waals surface area (Å²) in [6.07, 6.45) is 0. The standard InChI is InChI=1S/C40H27NO/c1-3-12-29(13-4-1)36-27-24-30-14-11-17-33(39(30)41-36)28-22-25-32(26-23-28)40(31-15-5-2-6-16-31)34-18-7-9-20-37(34)42-38-21-10-8-19-35(38)40/h1-27H. The number of ether oxygens (including phenoxy) is 1. The number of para-hydroxylation sites is 3. The van der Waals surface area contributed by atoms with Crippen molar-refractivity contribution in [3.05, 3.63) is 186 Å². The normalized spacial score (nSPS) is 13.1. The Balaban J connectivity index is 1.33. The summed E-state index contributed by atoms with van der Waals surface area (Å²) < 4.78 is 6.46. The predicted octanol–water partition coefficient (Wildman–Crippen LogP) is 10.1. The molecule has 1 aliphatic heterocycles. The molecule has 1 aromatic heterocycles. The lowest BCUT2D eigenvalue weighted by atomic mass is 9.63. The highest BCUT2D eigenvalue weighted by Crippen LogP contribution is 2.55. The first-order valence-electron chi connectivity index (χ1n) is 14.3. The SMILES string of the molecule is c1ccc(-c2ccc3cccc(-c4ccc(C5(c6ccccc6)c6ccccc6Oc6ccccc65)cc4)c3n2)cc1. The molecule has 0 aliphatic carbocycles. The van der Waals surface area contributed by atoms with Crippen LogP contribution in [0.3, 0.4) is 0 Å². The molecule has 0 amide bonds. The molecule has 8 rings (SSSR count). The number of pyridine rings is 1. The summed E-state index contributed by atoms with van der Waals surface area (Å²) >= 11 is 0. The van der Waals surface area contributed by atoms with Gasteiger partial charge in [0.1, 0.15) is 11.5 Å². The summed E-state index contributed by atoms with van der Waals surface area (Å²) in [7, 11) is 0. The highest BCUT2D eigenvalue weighted by atomic mass is 16.5. The third-order valence-electron chi connectivity index (χ3n) is 8.43. The number of benzene rings is 6. The predicted molar refractivity (Wildman–Crippen MR) is 171 cm³/mol. The topological polar surface area (TPSA) is 22.1 Å². The smallest absolute Gasteiger partial charge is 0.132 e. The molecule has 0 radical (unpaired) electrons. The zero-order valence-electron chi connectivity index (χ0n) is 22.9. The number of aromatic nitrogens is 1. The van der Waals surface area contributed by atoms with Gasteiger partial charge < -0.3 is 4.74 Å². The molecule has 0 spiro atoms.